The van der Waals surface area contributed by atoms with Crippen LogP contribution >= 0.6 is 11.8 Å². The number of amides is 2. The summed E-state index contributed by atoms with van der Waals surface area (Å²) in [4.78, 5) is 34.6. The maximum absolute atomic E-state index is 11.9. The second kappa shape index (κ2) is 7.60. The van der Waals surface area contributed by atoms with Gasteiger partial charge in [-0.25, -0.2) is 0 Å². The summed E-state index contributed by atoms with van der Waals surface area (Å²) in [7, 11) is 0. The lowest BCUT2D eigenvalue weighted by atomic mass is 10.2. The number of rotatable bonds is 6. The van der Waals surface area contributed by atoms with Crippen molar-refractivity contribution in [2.24, 2.45) is 5.73 Å². The lowest BCUT2D eigenvalue weighted by Crippen LogP contribution is -2.33. The maximum Gasteiger partial charge on any atom is 0.284 e. The van der Waals surface area contributed by atoms with Crippen molar-refractivity contribution < 1.29 is 14.5 Å². The molecule has 0 saturated carbocycles. The molecule has 2 aromatic carbocycles. The Hall–Kier alpha value is -2.87. The molecule has 0 aliphatic heterocycles. The maximum atomic E-state index is 11.9. The second-order valence-electron chi connectivity index (χ2n) is 5.00. The predicted octanol–water partition coefficient (Wildman–Crippen LogP) is 2.27. The molecule has 0 radical (unpaired) electrons. The molecule has 24 heavy (non-hydrogen) atoms. The molecule has 0 aromatic heterocycles. The van der Waals surface area contributed by atoms with Crippen LogP contribution in [0, 0.1) is 17.0 Å². The zero-order valence-electron chi connectivity index (χ0n) is 12.8. The Balaban J connectivity index is 2.26. The number of nitrogens with two attached hydrogens (primary N) is 1. The second-order valence-corrected chi connectivity index (χ2v) is 6.12. The summed E-state index contributed by atoms with van der Waals surface area (Å²) in [6, 6.07) is 11.8. The first-order valence-electron chi connectivity index (χ1n) is 6.96. The van der Waals surface area contributed by atoms with Gasteiger partial charge in [-0.1, -0.05) is 29.5 Å². The molecule has 2 aromatic rings. The van der Waals surface area contributed by atoms with E-state index >= 15 is 0 Å². The molecular formula is C16H15N3O4S. The van der Waals surface area contributed by atoms with Gasteiger partial charge in [-0.3, -0.25) is 19.7 Å². The zero-order valence-corrected chi connectivity index (χ0v) is 13.6. The minimum absolute atomic E-state index is 0.0937. The third kappa shape index (κ3) is 4.56. The number of carbonyl (C=O) groups is 2. The standard InChI is InChI=1S/C16H15N3O4S/c1-10-2-5-12(6-3-10)24-14-7-4-11(8-13(14)19(22)23)16(21)18-9-15(17)20/h2-8H,9H2,1H3,(H2,17,20)(H,18,21). The summed E-state index contributed by atoms with van der Waals surface area (Å²) in [6.07, 6.45) is 0. The van der Waals surface area contributed by atoms with Gasteiger partial charge < -0.3 is 11.1 Å². The number of nitro groups is 1. The molecule has 0 bridgehead atoms. The molecule has 124 valence electrons. The van der Waals surface area contributed by atoms with Crippen molar-refractivity contribution in [1.29, 1.82) is 0 Å². The van der Waals surface area contributed by atoms with Crippen molar-refractivity contribution in [2.75, 3.05) is 6.54 Å². The van der Waals surface area contributed by atoms with E-state index in [1.165, 1.54) is 30.0 Å². The van der Waals surface area contributed by atoms with Gasteiger partial charge in [0.25, 0.3) is 11.6 Å². The zero-order chi connectivity index (χ0) is 17.7. The molecule has 0 aliphatic rings. The van der Waals surface area contributed by atoms with E-state index in [9.17, 15) is 19.7 Å². The number of benzene rings is 2. The van der Waals surface area contributed by atoms with Crippen molar-refractivity contribution in [3.8, 4) is 0 Å². The molecule has 0 saturated heterocycles. The lowest BCUT2D eigenvalue weighted by molar-refractivity contribution is -0.387. The number of aryl methyl sites for hydroxylation is 1. The highest BCUT2D eigenvalue weighted by atomic mass is 32.2. The average molecular weight is 345 g/mol. The quantitative estimate of drug-likeness (QED) is 0.615. The molecular weight excluding hydrogens is 330 g/mol. The smallest absolute Gasteiger partial charge is 0.284 e. The number of primary amides is 1. The van der Waals surface area contributed by atoms with Crippen molar-refractivity contribution in [2.45, 2.75) is 16.7 Å². The van der Waals surface area contributed by atoms with Crippen LogP contribution in [0.1, 0.15) is 15.9 Å². The highest BCUT2D eigenvalue weighted by Crippen LogP contribution is 2.35. The molecule has 0 spiro atoms. The Morgan fingerprint density at radius 3 is 2.46 bits per heavy atom. The molecule has 0 unspecified atom stereocenters. The lowest BCUT2D eigenvalue weighted by Gasteiger charge is -2.07. The number of nitro benzene ring substituents is 1. The van der Waals surface area contributed by atoms with Gasteiger partial charge in [-0.05, 0) is 31.2 Å². The fourth-order valence-electron chi connectivity index (χ4n) is 1.89. The molecule has 0 fully saturated rings. The molecule has 7 nitrogen and oxygen atoms in total. The van der Waals surface area contributed by atoms with E-state index in [0.717, 1.165) is 10.5 Å². The highest BCUT2D eigenvalue weighted by molar-refractivity contribution is 7.99. The summed E-state index contributed by atoms with van der Waals surface area (Å²) >= 11 is 1.24. The molecule has 8 heteroatoms. The van der Waals surface area contributed by atoms with Crippen molar-refractivity contribution in [3.63, 3.8) is 0 Å². The molecule has 0 atom stereocenters. The third-order valence-electron chi connectivity index (χ3n) is 3.09. The van der Waals surface area contributed by atoms with E-state index < -0.39 is 16.7 Å². The Morgan fingerprint density at radius 2 is 1.88 bits per heavy atom. The van der Waals surface area contributed by atoms with Crippen LogP contribution in [0.25, 0.3) is 0 Å². The SMILES string of the molecule is Cc1ccc(Sc2ccc(C(=O)NCC(N)=O)cc2[N+](=O)[O-])cc1. The molecule has 0 heterocycles. The Labute approximate surface area is 142 Å². The number of hydrogen-bond acceptors (Lipinski definition) is 5. The normalized spacial score (nSPS) is 10.2. The molecule has 3 N–H and O–H groups in total. The van der Waals surface area contributed by atoms with Gasteiger partial charge in [-0.2, -0.15) is 0 Å². The first-order valence-corrected chi connectivity index (χ1v) is 7.78. The van der Waals surface area contributed by atoms with E-state index in [1.807, 2.05) is 31.2 Å². The van der Waals surface area contributed by atoms with Crippen molar-refractivity contribution >= 4 is 29.3 Å². The van der Waals surface area contributed by atoms with E-state index in [2.05, 4.69) is 5.32 Å². The molecule has 2 amide bonds. The Morgan fingerprint density at radius 1 is 1.21 bits per heavy atom. The molecule has 0 aliphatic carbocycles. The highest BCUT2D eigenvalue weighted by Gasteiger charge is 2.18. The number of nitrogens with zero attached hydrogens (tertiary/aromatic N) is 1. The van der Waals surface area contributed by atoms with Gasteiger partial charge in [0.2, 0.25) is 5.91 Å². The third-order valence-corrected chi connectivity index (χ3v) is 4.16. The number of nitrogens with one attached hydrogen (secondary N) is 1. The molecule has 2 rings (SSSR count). The topological polar surface area (TPSA) is 115 Å². The van der Waals surface area contributed by atoms with Gasteiger partial charge in [0, 0.05) is 16.5 Å². The van der Waals surface area contributed by atoms with Crippen LogP contribution < -0.4 is 11.1 Å². The Kier molecular flexibility index (Phi) is 5.54. The van der Waals surface area contributed by atoms with Gasteiger partial charge >= 0.3 is 0 Å². The van der Waals surface area contributed by atoms with Crippen LogP contribution in [0.2, 0.25) is 0 Å². The minimum Gasteiger partial charge on any atom is -0.368 e. The van der Waals surface area contributed by atoms with Crippen LogP contribution in [0.4, 0.5) is 5.69 Å². The van der Waals surface area contributed by atoms with Gasteiger partial charge in [0.15, 0.2) is 0 Å². The monoisotopic (exact) mass is 345 g/mol. The largest absolute Gasteiger partial charge is 0.368 e. The summed E-state index contributed by atoms with van der Waals surface area (Å²) in [6.45, 7) is 1.63. The minimum atomic E-state index is -0.690. The fourth-order valence-corrected chi connectivity index (χ4v) is 2.79. The fraction of sp³-hybridized carbons (Fsp3) is 0.125. The van der Waals surface area contributed by atoms with Gasteiger partial charge in [0.05, 0.1) is 16.4 Å². The van der Waals surface area contributed by atoms with Crippen molar-refractivity contribution in [1.82, 2.24) is 5.32 Å². The summed E-state index contributed by atoms with van der Waals surface area (Å²) in [5.74, 6) is -1.28. The van der Waals surface area contributed by atoms with Gasteiger partial charge in [-0.15, -0.1) is 0 Å². The van der Waals surface area contributed by atoms with Crippen LogP contribution in [-0.4, -0.2) is 23.3 Å². The van der Waals surface area contributed by atoms with E-state index in [0.29, 0.717) is 4.90 Å². The van der Waals surface area contributed by atoms with Crippen LogP contribution in [0.15, 0.2) is 52.3 Å². The summed E-state index contributed by atoms with van der Waals surface area (Å²) in [5.41, 5.74) is 5.97. The van der Waals surface area contributed by atoms with E-state index in [-0.39, 0.29) is 17.8 Å². The average Bonchev–Trinajstić information content (AvgIpc) is 2.54. The number of carbonyl (C=O) groups excluding carboxylic acids is 2. The first kappa shape index (κ1) is 17.5. The first-order chi connectivity index (χ1) is 11.4. The van der Waals surface area contributed by atoms with Crippen molar-refractivity contribution in [3.05, 3.63) is 63.7 Å². The van der Waals surface area contributed by atoms with Crippen LogP contribution in [0.5, 0.6) is 0 Å². The van der Waals surface area contributed by atoms with Gasteiger partial charge in [0.1, 0.15) is 0 Å². The predicted molar refractivity (Wildman–Crippen MR) is 89.9 cm³/mol. The van der Waals surface area contributed by atoms with Crippen LogP contribution in [0.3, 0.4) is 0 Å². The van der Waals surface area contributed by atoms with E-state index in [1.54, 1.807) is 0 Å². The summed E-state index contributed by atoms with van der Waals surface area (Å²) < 4.78 is 0. The number of hydrogen-bond donors (Lipinski definition) is 2. The van der Waals surface area contributed by atoms with E-state index in [4.69, 9.17) is 5.73 Å². The Bertz CT molecular complexity index is 790. The summed E-state index contributed by atoms with van der Waals surface area (Å²) in [5, 5.41) is 13.6. The van der Waals surface area contributed by atoms with Crippen LogP contribution in [-0.2, 0) is 4.79 Å².